The molecule has 1 unspecified atom stereocenters. The van der Waals surface area contributed by atoms with Crippen molar-refractivity contribution in [3.8, 4) is 0 Å². The Hall–Kier alpha value is -0.360. The van der Waals surface area contributed by atoms with Gasteiger partial charge in [0.15, 0.2) is 0 Å². The highest BCUT2D eigenvalue weighted by molar-refractivity contribution is 9.10. The van der Waals surface area contributed by atoms with E-state index in [1.807, 2.05) is 11.8 Å². The minimum Gasteiger partial charge on any atom is -0.383 e. The topological polar surface area (TPSA) is 12.0 Å². The Morgan fingerprint density at radius 3 is 2.74 bits per heavy atom. The Bertz CT molecular complexity index is 456. The molecule has 1 nitrogen and oxygen atoms in total. The molecular weight excluding hydrogens is 339 g/mol. The third kappa shape index (κ3) is 3.81. The van der Waals surface area contributed by atoms with Crippen LogP contribution in [0.4, 0.5) is 18.9 Å². The van der Waals surface area contributed by atoms with Gasteiger partial charge in [-0.2, -0.15) is 24.9 Å². The number of hydrogen-bond donors (Lipinski definition) is 1. The van der Waals surface area contributed by atoms with Gasteiger partial charge in [-0.1, -0.05) is 15.9 Å². The Morgan fingerprint density at radius 1 is 1.42 bits per heavy atom. The van der Waals surface area contributed by atoms with Gasteiger partial charge >= 0.3 is 6.18 Å². The maximum Gasteiger partial charge on any atom is 0.418 e. The van der Waals surface area contributed by atoms with E-state index in [0.717, 1.165) is 24.7 Å². The van der Waals surface area contributed by atoms with Crippen molar-refractivity contribution < 1.29 is 13.2 Å². The molecule has 0 bridgehead atoms. The molecule has 106 valence electrons. The van der Waals surface area contributed by atoms with Crippen LogP contribution in [0.1, 0.15) is 25.3 Å². The van der Waals surface area contributed by atoms with Crippen LogP contribution in [0.2, 0.25) is 0 Å². The van der Waals surface area contributed by atoms with E-state index in [4.69, 9.17) is 0 Å². The number of rotatable bonds is 3. The van der Waals surface area contributed by atoms with Gasteiger partial charge in [0.1, 0.15) is 0 Å². The number of thioether (sulfide) groups is 1. The Labute approximate surface area is 123 Å². The summed E-state index contributed by atoms with van der Waals surface area (Å²) >= 11 is 5.04. The number of hydrogen-bond acceptors (Lipinski definition) is 2. The highest BCUT2D eigenvalue weighted by atomic mass is 79.9. The van der Waals surface area contributed by atoms with Crippen LogP contribution in [-0.2, 0) is 6.18 Å². The maximum atomic E-state index is 12.9. The van der Waals surface area contributed by atoms with Crippen LogP contribution >= 0.6 is 27.7 Å². The van der Waals surface area contributed by atoms with Crippen LogP contribution in [-0.4, -0.2) is 17.0 Å². The lowest BCUT2D eigenvalue weighted by Crippen LogP contribution is -2.28. The molecule has 19 heavy (non-hydrogen) atoms. The smallest absolute Gasteiger partial charge is 0.383 e. The van der Waals surface area contributed by atoms with Crippen molar-refractivity contribution >= 4 is 33.4 Å². The van der Waals surface area contributed by atoms with E-state index in [0.29, 0.717) is 11.0 Å². The van der Waals surface area contributed by atoms with Crippen molar-refractivity contribution in [2.24, 2.45) is 0 Å². The molecule has 1 aliphatic rings. The first-order valence-corrected chi connectivity index (χ1v) is 7.83. The van der Waals surface area contributed by atoms with E-state index >= 15 is 0 Å². The van der Waals surface area contributed by atoms with E-state index in [-0.39, 0.29) is 10.4 Å². The predicted octanol–water partition coefficient (Wildman–Crippen LogP) is 5.17. The van der Waals surface area contributed by atoms with E-state index < -0.39 is 11.7 Å². The first kappa shape index (κ1) is 15.0. The summed E-state index contributed by atoms with van der Waals surface area (Å²) in [4.78, 5) is 0. The number of nitrogens with one attached hydrogen (secondary N) is 1. The van der Waals surface area contributed by atoms with Crippen molar-refractivity contribution in [2.75, 3.05) is 17.6 Å². The monoisotopic (exact) mass is 353 g/mol. The highest BCUT2D eigenvalue weighted by Crippen LogP contribution is 2.40. The molecule has 1 heterocycles. The van der Waals surface area contributed by atoms with Crippen molar-refractivity contribution in [1.29, 1.82) is 0 Å². The summed E-state index contributed by atoms with van der Waals surface area (Å²) in [6.07, 6.45) is -2.15. The SMILES string of the molecule is CC1(CNc2cc(Br)ccc2C(F)(F)F)CCCS1. The van der Waals surface area contributed by atoms with Crippen LogP contribution in [0.5, 0.6) is 0 Å². The Balaban J connectivity index is 2.17. The van der Waals surface area contributed by atoms with E-state index in [2.05, 4.69) is 28.2 Å². The molecule has 1 aromatic rings. The summed E-state index contributed by atoms with van der Waals surface area (Å²) in [6, 6.07) is 4.02. The van der Waals surface area contributed by atoms with Crippen molar-refractivity contribution in [2.45, 2.75) is 30.7 Å². The molecular formula is C13H15BrF3NS. The summed E-state index contributed by atoms with van der Waals surface area (Å²) in [5.74, 6) is 1.09. The number of halogens is 4. The lowest BCUT2D eigenvalue weighted by atomic mass is 10.1. The largest absolute Gasteiger partial charge is 0.418 e. The minimum absolute atomic E-state index is 0.0329. The number of alkyl halides is 3. The first-order chi connectivity index (χ1) is 8.80. The summed E-state index contributed by atoms with van der Waals surface area (Å²) in [7, 11) is 0. The molecule has 1 N–H and O–H groups in total. The molecule has 0 radical (unpaired) electrons. The van der Waals surface area contributed by atoms with Crippen LogP contribution < -0.4 is 5.32 Å². The zero-order valence-corrected chi connectivity index (χ0v) is 12.9. The zero-order valence-electron chi connectivity index (χ0n) is 10.5. The Morgan fingerprint density at radius 2 is 2.16 bits per heavy atom. The molecule has 1 fully saturated rings. The summed E-state index contributed by atoms with van der Waals surface area (Å²) < 4.78 is 39.4. The standard InChI is InChI=1S/C13H15BrF3NS/c1-12(5-2-6-19-12)8-18-11-7-9(14)3-4-10(11)13(15,16)17/h3-4,7,18H,2,5-6,8H2,1H3. The minimum atomic E-state index is -4.33. The fourth-order valence-corrected chi connectivity index (χ4v) is 3.77. The van der Waals surface area contributed by atoms with Gasteiger partial charge in [0, 0.05) is 21.5 Å². The molecule has 1 atom stereocenters. The van der Waals surface area contributed by atoms with Crippen LogP contribution in [0.25, 0.3) is 0 Å². The van der Waals surface area contributed by atoms with Gasteiger partial charge in [0.05, 0.1) is 5.56 Å². The Kier molecular flexibility index (Phi) is 4.40. The normalized spacial score (nSPS) is 23.6. The molecule has 0 aromatic heterocycles. The molecule has 0 spiro atoms. The molecule has 1 aliphatic heterocycles. The molecule has 0 saturated carbocycles. The molecule has 2 rings (SSSR count). The average molecular weight is 354 g/mol. The summed E-state index contributed by atoms with van der Waals surface area (Å²) in [6.45, 7) is 2.65. The molecule has 6 heteroatoms. The van der Waals surface area contributed by atoms with E-state index in [9.17, 15) is 13.2 Å². The van der Waals surface area contributed by atoms with Gasteiger partial charge in [-0.15, -0.1) is 0 Å². The van der Waals surface area contributed by atoms with Gasteiger partial charge in [-0.3, -0.25) is 0 Å². The lowest BCUT2D eigenvalue weighted by Gasteiger charge is -2.25. The highest BCUT2D eigenvalue weighted by Gasteiger charge is 2.35. The van der Waals surface area contributed by atoms with Gasteiger partial charge in [-0.05, 0) is 43.7 Å². The molecule has 0 aliphatic carbocycles. The molecule has 1 aromatic carbocycles. The second-order valence-corrected chi connectivity index (χ2v) is 7.54. The fraction of sp³-hybridized carbons (Fsp3) is 0.538. The van der Waals surface area contributed by atoms with Crippen LogP contribution in [0.15, 0.2) is 22.7 Å². The molecule has 0 amide bonds. The van der Waals surface area contributed by atoms with E-state index in [1.54, 1.807) is 0 Å². The van der Waals surface area contributed by atoms with Gasteiger partial charge < -0.3 is 5.32 Å². The van der Waals surface area contributed by atoms with Crippen molar-refractivity contribution in [3.05, 3.63) is 28.2 Å². The number of anilines is 1. The molecule has 1 saturated heterocycles. The van der Waals surface area contributed by atoms with E-state index in [1.165, 1.54) is 12.1 Å². The maximum absolute atomic E-state index is 12.9. The first-order valence-electron chi connectivity index (χ1n) is 6.05. The predicted molar refractivity (Wildman–Crippen MR) is 77.7 cm³/mol. The third-order valence-electron chi connectivity index (χ3n) is 3.24. The second-order valence-electron chi connectivity index (χ2n) is 4.94. The van der Waals surface area contributed by atoms with Crippen molar-refractivity contribution in [3.63, 3.8) is 0 Å². The van der Waals surface area contributed by atoms with Gasteiger partial charge in [0.2, 0.25) is 0 Å². The van der Waals surface area contributed by atoms with Gasteiger partial charge in [-0.25, -0.2) is 0 Å². The zero-order chi connectivity index (χ0) is 14.1. The van der Waals surface area contributed by atoms with Gasteiger partial charge in [0.25, 0.3) is 0 Å². The second kappa shape index (κ2) is 5.56. The van der Waals surface area contributed by atoms with Crippen LogP contribution in [0.3, 0.4) is 0 Å². The fourth-order valence-electron chi connectivity index (χ4n) is 2.17. The summed E-state index contributed by atoms with van der Waals surface area (Å²) in [5, 5.41) is 2.97. The average Bonchev–Trinajstić information content (AvgIpc) is 2.73. The lowest BCUT2D eigenvalue weighted by molar-refractivity contribution is -0.137. The van der Waals surface area contributed by atoms with Crippen LogP contribution in [0, 0.1) is 0 Å². The third-order valence-corrected chi connectivity index (χ3v) is 5.27. The quantitative estimate of drug-likeness (QED) is 0.804. The number of benzene rings is 1. The van der Waals surface area contributed by atoms with Crippen molar-refractivity contribution in [1.82, 2.24) is 0 Å². The summed E-state index contributed by atoms with van der Waals surface area (Å²) in [5.41, 5.74) is -0.460.